The molecule has 4 heterocycles. The fourth-order valence-corrected chi connectivity index (χ4v) is 4.95. The normalized spacial score (nSPS) is 11.4. The van der Waals surface area contributed by atoms with Crippen LogP contribution in [-0.2, 0) is 17.9 Å². The number of aromatic nitrogens is 4. The molecule has 5 aromatic rings. The number of carbonyl (C=O) groups is 1. The quantitative estimate of drug-likeness (QED) is 0.426. The van der Waals surface area contributed by atoms with Crippen LogP contribution in [0.4, 0.5) is 5.69 Å². The third-order valence-electron chi connectivity index (χ3n) is 4.70. The van der Waals surface area contributed by atoms with Gasteiger partial charge in [0.05, 0.1) is 12.1 Å². The number of thiophene rings is 2. The molecule has 0 spiro atoms. The topological polar surface area (TPSA) is 90.4 Å². The van der Waals surface area contributed by atoms with Crippen LogP contribution < -0.4 is 16.6 Å². The molecule has 0 aliphatic heterocycles. The first-order valence-corrected chi connectivity index (χ1v) is 11.3. The number of halogens is 1. The standard InChI is InChI=1S/C20H14ClN5O3S2/c21-12-3-5-13(6-4-12)22-16(27)11-25-20(29)26-15-7-9-31-17(15)18(28)24(19(26)23-25)10-14-2-1-8-30-14/h1-9H,10-11H2,(H,22,27). The minimum Gasteiger partial charge on any atom is -0.324 e. The Kier molecular flexibility index (Phi) is 4.97. The Bertz CT molecular complexity index is 1530. The zero-order chi connectivity index (χ0) is 21.5. The molecule has 0 aliphatic carbocycles. The summed E-state index contributed by atoms with van der Waals surface area (Å²) in [5, 5.41) is 11.3. The Labute approximate surface area is 187 Å². The van der Waals surface area contributed by atoms with E-state index < -0.39 is 11.6 Å². The highest BCUT2D eigenvalue weighted by Crippen LogP contribution is 2.19. The van der Waals surface area contributed by atoms with Crippen molar-refractivity contribution < 1.29 is 4.79 Å². The monoisotopic (exact) mass is 471 g/mol. The molecule has 0 bridgehead atoms. The van der Waals surface area contributed by atoms with E-state index in [1.807, 2.05) is 17.5 Å². The molecule has 11 heteroatoms. The number of carbonyl (C=O) groups excluding carboxylic acids is 1. The maximum atomic E-state index is 13.1. The van der Waals surface area contributed by atoms with Crippen LogP contribution in [0.25, 0.3) is 16.0 Å². The minimum atomic E-state index is -0.482. The van der Waals surface area contributed by atoms with Crippen LogP contribution in [0.3, 0.4) is 0 Å². The first-order chi connectivity index (χ1) is 15.0. The van der Waals surface area contributed by atoms with Crippen LogP contribution in [0.1, 0.15) is 4.88 Å². The highest BCUT2D eigenvalue weighted by atomic mass is 35.5. The van der Waals surface area contributed by atoms with Gasteiger partial charge in [-0.25, -0.2) is 13.9 Å². The van der Waals surface area contributed by atoms with E-state index in [0.29, 0.717) is 27.5 Å². The largest absolute Gasteiger partial charge is 0.352 e. The lowest BCUT2D eigenvalue weighted by molar-refractivity contribution is -0.117. The van der Waals surface area contributed by atoms with E-state index in [-0.39, 0.29) is 17.9 Å². The van der Waals surface area contributed by atoms with Gasteiger partial charge in [-0.05, 0) is 47.2 Å². The highest BCUT2D eigenvalue weighted by molar-refractivity contribution is 7.17. The molecule has 156 valence electrons. The molecule has 1 amide bonds. The number of nitrogens with zero attached hydrogens (tertiary/aromatic N) is 4. The smallest absolute Gasteiger partial charge is 0.324 e. The van der Waals surface area contributed by atoms with Crippen molar-refractivity contribution in [3.05, 3.63) is 84.0 Å². The molecule has 0 radical (unpaired) electrons. The van der Waals surface area contributed by atoms with Crippen LogP contribution in [0.2, 0.25) is 5.02 Å². The Morgan fingerprint density at radius 1 is 1.06 bits per heavy atom. The lowest BCUT2D eigenvalue weighted by atomic mass is 10.3. The SMILES string of the molecule is O=C(Cn1nc2n(Cc3cccs3)c(=O)c3sccc3n2c1=O)Nc1ccc(Cl)cc1. The van der Waals surface area contributed by atoms with E-state index in [2.05, 4.69) is 10.4 Å². The maximum Gasteiger partial charge on any atom is 0.352 e. The Morgan fingerprint density at radius 3 is 2.61 bits per heavy atom. The predicted octanol–water partition coefficient (Wildman–Crippen LogP) is 3.27. The van der Waals surface area contributed by atoms with Crippen molar-refractivity contribution in [2.24, 2.45) is 0 Å². The van der Waals surface area contributed by atoms with Gasteiger partial charge in [0.2, 0.25) is 11.7 Å². The third-order valence-corrected chi connectivity index (χ3v) is 6.71. The fourth-order valence-electron chi connectivity index (χ4n) is 3.31. The second-order valence-corrected chi connectivity index (χ2v) is 9.12. The number of rotatable bonds is 5. The Balaban J connectivity index is 1.57. The molecular weight excluding hydrogens is 458 g/mol. The molecule has 0 saturated heterocycles. The number of fused-ring (bicyclic) bond motifs is 3. The van der Waals surface area contributed by atoms with Gasteiger partial charge in [0.1, 0.15) is 11.2 Å². The van der Waals surface area contributed by atoms with E-state index in [4.69, 9.17) is 11.6 Å². The zero-order valence-corrected chi connectivity index (χ0v) is 18.2. The number of nitrogens with one attached hydrogen (secondary N) is 1. The predicted molar refractivity (Wildman–Crippen MR) is 123 cm³/mol. The van der Waals surface area contributed by atoms with E-state index in [1.54, 1.807) is 35.7 Å². The van der Waals surface area contributed by atoms with Gasteiger partial charge in [0, 0.05) is 15.6 Å². The highest BCUT2D eigenvalue weighted by Gasteiger charge is 2.20. The van der Waals surface area contributed by atoms with E-state index in [1.165, 1.54) is 31.6 Å². The summed E-state index contributed by atoms with van der Waals surface area (Å²) in [5.41, 5.74) is 0.348. The van der Waals surface area contributed by atoms with Crippen molar-refractivity contribution in [2.75, 3.05) is 5.32 Å². The van der Waals surface area contributed by atoms with Gasteiger partial charge in [-0.15, -0.1) is 27.8 Å². The first kappa shape index (κ1) is 19.7. The third kappa shape index (κ3) is 3.58. The van der Waals surface area contributed by atoms with Gasteiger partial charge in [0.25, 0.3) is 5.56 Å². The van der Waals surface area contributed by atoms with Crippen molar-refractivity contribution in [1.82, 2.24) is 18.7 Å². The maximum absolute atomic E-state index is 13.1. The Morgan fingerprint density at radius 2 is 1.87 bits per heavy atom. The molecule has 31 heavy (non-hydrogen) atoms. The van der Waals surface area contributed by atoms with Crippen molar-refractivity contribution >= 4 is 61.9 Å². The number of amides is 1. The van der Waals surface area contributed by atoms with Crippen LogP contribution in [0, 0.1) is 0 Å². The van der Waals surface area contributed by atoms with E-state index >= 15 is 0 Å². The van der Waals surface area contributed by atoms with Crippen molar-refractivity contribution in [2.45, 2.75) is 13.1 Å². The van der Waals surface area contributed by atoms with E-state index in [0.717, 1.165) is 9.56 Å². The van der Waals surface area contributed by atoms with Gasteiger partial charge < -0.3 is 5.32 Å². The molecule has 1 aromatic carbocycles. The summed E-state index contributed by atoms with van der Waals surface area (Å²) in [6, 6.07) is 12.2. The average molecular weight is 472 g/mol. The number of benzene rings is 1. The number of hydrogen-bond donors (Lipinski definition) is 1. The average Bonchev–Trinajstić information content (AvgIpc) is 3.48. The molecule has 0 fully saturated rings. The summed E-state index contributed by atoms with van der Waals surface area (Å²) < 4.78 is 4.40. The molecular formula is C20H14ClN5O3S2. The molecule has 0 unspecified atom stereocenters. The zero-order valence-electron chi connectivity index (χ0n) is 15.8. The van der Waals surface area contributed by atoms with Gasteiger partial charge in [-0.2, -0.15) is 0 Å². The fraction of sp³-hybridized carbons (Fsp3) is 0.100. The second kappa shape index (κ2) is 7.80. The van der Waals surface area contributed by atoms with Gasteiger partial charge in [-0.1, -0.05) is 17.7 Å². The molecule has 5 rings (SSSR count). The van der Waals surface area contributed by atoms with Crippen LogP contribution >= 0.6 is 34.3 Å². The minimum absolute atomic E-state index is 0.202. The summed E-state index contributed by atoms with van der Waals surface area (Å²) >= 11 is 8.65. The first-order valence-electron chi connectivity index (χ1n) is 9.18. The van der Waals surface area contributed by atoms with Crippen LogP contribution in [-0.4, -0.2) is 24.7 Å². The van der Waals surface area contributed by atoms with E-state index in [9.17, 15) is 14.4 Å². The van der Waals surface area contributed by atoms with Crippen LogP contribution in [0.15, 0.2) is 62.8 Å². The summed E-state index contributed by atoms with van der Waals surface area (Å²) in [6.07, 6.45) is 0. The summed E-state index contributed by atoms with van der Waals surface area (Å²) in [5.74, 6) is -0.213. The lowest BCUT2D eigenvalue weighted by Gasteiger charge is -2.06. The number of anilines is 1. The molecule has 0 atom stereocenters. The molecule has 8 nitrogen and oxygen atoms in total. The van der Waals surface area contributed by atoms with Crippen molar-refractivity contribution in [3.8, 4) is 0 Å². The molecule has 0 saturated carbocycles. The van der Waals surface area contributed by atoms with Crippen molar-refractivity contribution in [1.29, 1.82) is 0 Å². The number of hydrogen-bond acceptors (Lipinski definition) is 6. The van der Waals surface area contributed by atoms with Crippen LogP contribution in [0.5, 0.6) is 0 Å². The lowest BCUT2D eigenvalue weighted by Crippen LogP contribution is -2.29. The summed E-state index contributed by atoms with van der Waals surface area (Å²) in [4.78, 5) is 39.6. The summed E-state index contributed by atoms with van der Waals surface area (Å²) in [6.45, 7) is 0.00320. The summed E-state index contributed by atoms with van der Waals surface area (Å²) in [7, 11) is 0. The Hall–Kier alpha value is -3.21. The van der Waals surface area contributed by atoms with Crippen molar-refractivity contribution in [3.63, 3.8) is 0 Å². The second-order valence-electron chi connectivity index (χ2n) is 6.74. The molecule has 1 N–H and O–H groups in total. The van der Waals surface area contributed by atoms with Gasteiger partial charge in [-0.3, -0.25) is 14.2 Å². The molecule has 4 aromatic heterocycles. The molecule has 0 aliphatic rings. The van der Waals surface area contributed by atoms with Gasteiger partial charge >= 0.3 is 5.69 Å². The van der Waals surface area contributed by atoms with Gasteiger partial charge in [0.15, 0.2) is 0 Å².